The molecule has 0 spiro atoms. The van der Waals surface area contributed by atoms with Crippen LogP contribution in [0.1, 0.15) is 33.6 Å². The molecule has 1 N–H and O–H groups in total. The molecule has 1 atom stereocenters. The highest BCUT2D eigenvalue weighted by molar-refractivity contribution is 5.33. The fourth-order valence-corrected chi connectivity index (χ4v) is 1.43. The van der Waals surface area contributed by atoms with Crippen LogP contribution in [-0.2, 0) is 9.59 Å². The zero-order valence-electron chi connectivity index (χ0n) is 10.1. The van der Waals surface area contributed by atoms with Gasteiger partial charge in [0.2, 0.25) is 12.2 Å². The molecule has 0 aliphatic heterocycles. The maximum absolute atomic E-state index is 10.1. The molecule has 0 amide bonds. The molecule has 16 heavy (non-hydrogen) atoms. The van der Waals surface area contributed by atoms with Gasteiger partial charge in [-0.3, -0.25) is 0 Å². The molecule has 90 valence electrons. The van der Waals surface area contributed by atoms with E-state index in [0.29, 0.717) is 13.1 Å². The Labute approximate surface area is 96.1 Å². The average Bonchev–Trinajstić information content (AvgIpc) is 2.18. The Morgan fingerprint density at radius 3 is 2.31 bits per heavy atom. The first-order chi connectivity index (χ1) is 7.49. The van der Waals surface area contributed by atoms with Crippen molar-refractivity contribution in [2.45, 2.75) is 45.2 Å². The minimum absolute atomic E-state index is 0.0308. The van der Waals surface area contributed by atoms with Gasteiger partial charge in [0.15, 0.2) is 0 Å². The van der Waals surface area contributed by atoms with Crippen LogP contribution in [0.4, 0.5) is 0 Å². The molecule has 5 heteroatoms. The number of rotatable bonds is 7. The van der Waals surface area contributed by atoms with Crippen LogP contribution in [0.25, 0.3) is 0 Å². The molecule has 5 nitrogen and oxygen atoms in total. The standard InChI is InChI=1S/C11H19N3O2/c1-11(2,3)14-10(7-13-9-16)5-4-6-12-8-15/h10,14H,4-7H2,1-3H3. The van der Waals surface area contributed by atoms with Crippen LogP contribution >= 0.6 is 0 Å². The Morgan fingerprint density at radius 1 is 1.19 bits per heavy atom. The van der Waals surface area contributed by atoms with Gasteiger partial charge < -0.3 is 5.32 Å². The summed E-state index contributed by atoms with van der Waals surface area (Å²) in [6, 6.07) is 0.114. The Morgan fingerprint density at radius 2 is 1.81 bits per heavy atom. The molecule has 0 bridgehead atoms. The summed E-state index contributed by atoms with van der Waals surface area (Å²) in [6.45, 7) is 7.03. The van der Waals surface area contributed by atoms with Crippen LogP contribution in [-0.4, -0.2) is 36.8 Å². The van der Waals surface area contributed by atoms with Crippen LogP contribution in [0.2, 0.25) is 0 Å². The molecule has 0 aliphatic rings. The predicted octanol–water partition coefficient (Wildman–Crippen LogP) is 1.19. The van der Waals surface area contributed by atoms with Crippen molar-refractivity contribution in [3.8, 4) is 0 Å². The second-order valence-electron chi connectivity index (χ2n) is 4.64. The average molecular weight is 225 g/mol. The van der Waals surface area contributed by atoms with Crippen molar-refractivity contribution < 1.29 is 9.59 Å². The zero-order chi connectivity index (χ0) is 12.4. The lowest BCUT2D eigenvalue weighted by Gasteiger charge is -2.27. The maximum Gasteiger partial charge on any atom is 0.234 e. The molecule has 0 rings (SSSR count). The summed E-state index contributed by atoms with van der Waals surface area (Å²) in [4.78, 5) is 27.0. The highest BCUT2D eigenvalue weighted by atomic mass is 16.1. The van der Waals surface area contributed by atoms with Crippen LogP contribution < -0.4 is 5.32 Å². The van der Waals surface area contributed by atoms with Crippen molar-refractivity contribution in [2.24, 2.45) is 9.98 Å². The Kier molecular flexibility index (Phi) is 7.31. The van der Waals surface area contributed by atoms with Gasteiger partial charge in [-0.25, -0.2) is 19.6 Å². The number of isocyanates is 2. The summed E-state index contributed by atoms with van der Waals surface area (Å²) < 4.78 is 0. The van der Waals surface area contributed by atoms with Crippen molar-refractivity contribution in [3.63, 3.8) is 0 Å². The normalized spacial score (nSPS) is 12.4. The highest BCUT2D eigenvalue weighted by Gasteiger charge is 2.16. The summed E-state index contributed by atoms with van der Waals surface area (Å²) in [5.41, 5.74) is -0.0308. The van der Waals surface area contributed by atoms with E-state index in [1.807, 2.05) is 20.8 Å². The summed E-state index contributed by atoms with van der Waals surface area (Å²) in [5, 5.41) is 3.36. The Hall–Kier alpha value is -1.28. The zero-order valence-corrected chi connectivity index (χ0v) is 10.1. The van der Waals surface area contributed by atoms with Gasteiger partial charge in [-0.15, -0.1) is 0 Å². The molecule has 1 unspecified atom stereocenters. The molecule has 0 aromatic rings. The van der Waals surface area contributed by atoms with Gasteiger partial charge in [0, 0.05) is 11.6 Å². The molecule has 0 fully saturated rings. The Balaban J connectivity index is 4.09. The SMILES string of the molecule is CC(C)(C)NC(CCCN=C=O)CN=C=O. The minimum Gasteiger partial charge on any atom is -0.307 e. The first-order valence-electron chi connectivity index (χ1n) is 5.34. The topological polar surface area (TPSA) is 70.9 Å². The van der Waals surface area contributed by atoms with Crippen LogP contribution in [0, 0.1) is 0 Å². The van der Waals surface area contributed by atoms with E-state index < -0.39 is 0 Å². The van der Waals surface area contributed by atoms with E-state index in [0.717, 1.165) is 12.8 Å². The molecule has 0 radical (unpaired) electrons. The van der Waals surface area contributed by atoms with E-state index in [4.69, 9.17) is 0 Å². The van der Waals surface area contributed by atoms with E-state index in [1.54, 1.807) is 0 Å². The molecule has 0 saturated carbocycles. The lowest BCUT2D eigenvalue weighted by Crippen LogP contribution is -2.45. The van der Waals surface area contributed by atoms with Gasteiger partial charge in [0.05, 0.1) is 13.1 Å². The van der Waals surface area contributed by atoms with Crippen molar-refractivity contribution in [3.05, 3.63) is 0 Å². The number of aliphatic imine (C=N–C) groups is 2. The van der Waals surface area contributed by atoms with E-state index in [2.05, 4.69) is 15.3 Å². The summed E-state index contributed by atoms with van der Waals surface area (Å²) in [5.74, 6) is 0. The fourth-order valence-electron chi connectivity index (χ4n) is 1.43. The van der Waals surface area contributed by atoms with Crippen LogP contribution in [0.15, 0.2) is 9.98 Å². The van der Waals surface area contributed by atoms with Gasteiger partial charge in [0.25, 0.3) is 0 Å². The van der Waals surface area contributed by atoms with Gasteiger partial charge in [-0.05, 0) is 33.6 Å². The molecule has 0 aliphatic carbocycles. The van der Waals surface area contributed by atoms with Crippen molar-refractivity contribution in [1.82, 2.24) is 5.32 Å². The van der Waals surface area contributed by atoms with Gasteiger partial charge in [0.1, 0.15) is 0 Å². The third-order valence-electron chi connectivity index (χ3n) is 1.90. The molecular formula is C11H19N3O2. The van der Waals surface area contributed by atoms with E-state index in [1.165, 1.54) is 12.2 Å². The van der Waals surface area contributed by atoms with Crippen molar-refractivity contribution >= 4 is 12.2 Å². The molecule has 0 heterocycles. The van der Waals surface area contributed by atoms with Crippen molar-refractivity contribution in [1.29, 1.82) is 0 Å². The smallest absolute Gasteiger partial charge is 0.234 e. The fraction of sp³-hybridized carbons (Fsp3) is 0.818. The number of nitrogens with zero attached hydrogens (tertiary/aromatic N) is 2. The first kappa shape index (κ1) is 14.7. The summed E-state index contributed by atoms with van der Waals surface area (Å²) in [7, 11) is 0. The summed E-state index contributed by atoms with van der Waals surface area (Å²) >= 11 is 0. The largest absolute Gasteiger partial charge is 0.307 e. The quantitative estimate of drug-likeness (QED) is 0.402. The maximum atomic E-state index is 10.1. The van der Waals surface area contributed by atoms with Crippen LogP contribution in [0.5, 0.6) is 0 Å². The molecule has 0 aromatic carbocycles. The second-order valence-corrected chi connectivity index (χ2v) is 4.64. The molecule has 0 saturated heterocycles. The minimum atomic E-state index is -0.0308. The lowest BCUT2D eigenvalue weighted by atomic mass is 10.0. The van der Waals surface area contributed by atoms with E-state index in [-0.39, 0.29) is 11.6 Å². The van der Waals surface area contributed by atoms with Gasteiger partial charge in [-0.1, -0.05) is 0 Å². The van der Waals surface area contributed by atoms with E-state index in [9.17, 15) is 9.59 Å². The molecule has 0 aromatic heterocycles. The Bertz CT molecular complexity index is 284. The first-order valence-corrected chi connectivity index (χ1v) is 5.34. The highest BCUT2D eigenvalue weighted by Crippen LogP contribution is 2.06. The number of hydrogen-bond donors (Lipinski definition) is 1. The summed E-state index contributed by atoms with van der Waals surface area (Å²) in [6.07, 6.45) is 4.62. The molecular weight excluding hydrogens is 206 g/mol. The van der Waals surface area contributed by atoms with Gasteiger partial charge in [-0.2, -0.15) is 0 Å². The van der Waals surface area contributed by atoms with Gasteiger partial charge >= 0.3 is 0 Å². The third kappa shape index (κ3) is 9.28. The van der Waals surface area contributed by atoms with E-state index >= 15 is 0 Å². The lowest BCUT2D eigenvalue weighted by molar-refractivity contribution is 0.346. The third-order valence-corrected chi connectivity index (χ3v) is 1.90. The predicted molar refractivity (Wildman–Crippen MR) is 61.9 cm³/mol. The van der Waals surface area contributed by atoms with Crippen LogP contribution in [0.3, 0.4) is 0 Å². The monoisotopic (exact) mass is 225 g/mol. The second kappa shape index (κ2) is 7.94. The number of carbonyl (C=O) groups excluding carboxylic acids is 2. The van der Waals surface area contributed by atoms with Crippen molar-refractivity contribution in [2.75, 3.05) is 13.1 Å². The number of hydrogen-bond acceptors (Lipinski definition) is 5. The number of nitrogens with one attached hydrogen (secondary N) is 1.